The van der Waals surface area contributed by atoms with Crippen molar-refractivity contribution in [1.29, 1.82) is 0 Å². The van der Waals surface area contributed by atoms with Crippen molar-refractivity contribution >= 4 is 57.8 Å². The molecule has 0 unspecified atom stereocenters. The van der Waals surface area contributed by atoms with Gasteiger partial charge in [0.25, 0.3) is 5.91 Å². The molecular formula is C28H29N3O5S2. The van der Waals surface area contributed by atoms with Gasteiger partial charge >= 0.3 is 5.97 Å². The molecule has 1 fully saturated rings. The lowest BCUT2D eigenvalue weighted by molar-refractivity contribution is -0.124. The van der Waals surface area contributed by atoms with E-state index >= 15 is 0 Å². The van der Waals surface area contributed by atoms with Crippen molar-refractivity contribution in [3.05, 3.63) is 76.5 Å². The van der Waals surface area contributed by atoms with Gasteiger partial charge in [0.15, 0.2) is 5.11 Å². The number of anilines is 2. The standard InChI is InChI=1S/C28H29N3O5S2/c1-3-15-36-22-13-9-20(10-14-22)29-25(32)17-24-26(33)31(28(37)30(24)18-23-6-5-16-38-23)21-11-7-19(8-12-21)27(34)35-4-2/h5-14,16,24H,3-4,15,17-18H2,1-2H3,(H,29,32)/t24-/m0/s1. The van der Waals surface area contributed by atoms with Crippen LogP contribution in [0.15, 0.2) is 66.0 Å². The number of nitrogens with zero attached hydrogens (tertiary/aromatic N) is 2. The van der Waals surface area contributed by atoms with Gasteiger partial charge in [0.1, 0.15) is 11.8 Å². The van der Waals surface area contributed by atoms with Crippen LogP contribution in [-0.4, -0.2) is 47.1 Å². The first-order chi connectivity index (χ1) is 18.4. The van der Waals surface area contributed by atoms with Crippen molar-refractivity contribution in [1.82, 2.24) is 4.90 Å². The number of rotatable bonds is 11. The summed E-state index contributed by atoms with van der Waals surface area (Å²) in [6.07, 6.45) is 0.833. The smallest absolute Gasteiger partial charge is 0.338 e. The van der Waals surface area contributed by atoms with Gasteiger partial charge in [-0.1, -0.05) is 13.0 Å². The Bertz CT molecular complexity index is 1280. The summed E-state index contributed by atoms with van der Waals surface area (Å²) >= 11 is 7.28. The monoisotopic (exact) mass is 551 g/mol. The summed E-state index contributed by atoms with van der Waals surface area (Å²) in [6.45, 7) is 5.07. The zero-order valence-electron chi connectivity index (χ0n) is 21.2. The van der Waals surface area contributed by atoms with Crippen LogP contribution in [0, 0.1) is 0 Å². The number of nitrogens with one attached hydrogen (secondary N) is 1. The van der Waals surface area contributed by atoms with Crippen molar-refractivity contribution in [2.24, 2.45) is 0 Å². The van der Waals surface area contributed by atoms with Crippen molar-refractivity contribution in [3.8, 4) is 5.75 Å². The van der Waals surface area contributed by atoms with Gasteiger partial charge in [-0.25, -0.2) is 4.79 Å². The van der Waals surface area contributed by atoms with Crippen molar-refractivity contribution in [2.45, 2.75) is 39.3 Å². The summed E-state index contributed by atoms with van der Waals surface area (Å²) in [4.78, 5) is 42.9. The van der Waals surface area contributed by atoms with E-state index in [1.54, 1.807) is 71.7 Å². The zero-order valence-corrected chi connectivity index (χ0v) is 22.8. The highest BCUT2D eigenvalue weighted by Crippen LogP contribution is 2.30. The third-order valence-corrected chi connectivity index (χ3v) is 7.13. The molecule has 2 aromatic carbocycles. The molecule has 0 spiro atoms. The molecule has 1 aliphatic heterocycles. The zero-order chi connectivity index (χ0) is 27.1. The molecule has 1 N–H and O–H groups in total. The highest BCUT2D eigenvalue weighted by atomic mass is 32.1. The van der Waals surface area contributed by atoms with E-state index in [0.717, 1.165) is 17.0 Å². The molecule has 0 bridgehead atoms. The molecule has 0 aliphatic carbocycles. The summed E-state index contributed by atoms with van der Waals surface area (Å²) in [5, 5.41) is 5.13. The molecule has 38 heavy (non-hydrogen) atoms. The van der Waals surface area contributed by atoms with Crippen LogP contribution in [0.4, 0.5) is 11.4 Å². The molecule has 8 nitrogen and oxygen atoms in total. The van der Waals surface area contributed by atoms with E-state index in [4.69, 9.17) is 21.7 Å². The number of amides is 2. The maximum absolute atomic E-state index is 13.6. The van der Waals surface area contributed by atoms with Crippen LogP contribution in [-0.2, 0) is 20.9 Å². The van der Waals surface area contributed by atoms with Crippen LogP contribution < -0.4 is 15.0 Å². The van der Waals surface area contributed by atoms with Crippen molar-refractivity contribution in [2.75, 3.05) is 23.4 Å². The molecule has 2 heterocycles. The minimum Gasteiger partial charge on any atom is -0.494 e. The number of benzene rings is 2. The summed E-state index contributed by atoms with van der Waals surface area (Å²) in [7, 11) is 0. The number of ether oxygens (including phenoxy) is 2. The van der Waals surface area contributed by atoms with Gasteiger partial charge in [0.2, 0.25) is 5.91 Å². The van der Waals surface area contributed by atoms with Crippen LogP contribution in [0.3, 0.4) is 0 Å². The Balaban J connectivity index is 1.51. The summed E-state index contributed by atoms with van der Waals surface area (Å²) in [6, 6.07) is 16.8. The molecule has 0 saturated carbocycles. The number of hydrogen-bond donors (Lipinski definition) is 1. The van der Waals surface area contributed by atoms with Crippen LogP contribution in [0.25, 0.3) is 0 Å². The lowest BCUT2D eigenvalue weighted by atomic mass is 10.1. The second kappa shape index (κ2) is 12.7. The van der Waals surface area contributed by atoms with Gasteiger partial charge in [-0.2, -0.15) is 0 Å². The largest absolute Gasteiger partial charge is 0.494 e. The molecule has 1 aromatic heterocycles. The molecule has 1 saturated heterocycles. The van der Waals surface area contributed by atoms with Gasteiger partial charge in [-0.15, -0.1) is 11.3 Å². The number of thiophene rings is 1. The molecule has 4 rings (SSSR count). The van der Waals surface area contributed by atoms with Crippen molar-refractivity contribution in [3.63, 3.8) is 0 Å². The second-order valence-electron chi connectivity index (χ2n) is 8.57. The van der Waals surface area contributed by atoms with Crippen LogP contribution in [0.2, 0.25) is 0 Å². The fraction of sp³-hybridized carbons (Fsp3) is 0.286. The lowest BCUT2D eigenvalue weighted by Gasteiger charge is -2.23. The van der Waals surface area contributed by atoms with Crippen LogP contribution in [0.1, 0.15) is 41.9 Å². The predicted octanol–water partition coefficient (Wildman–Crippen LogP) is 5.24. The topological polar surface area (TPSA) is 88.2 Å². The molecule has 1 aliphatic rings. The number of carbonyl (C=O) groups excluding carboxylic acids is 3. The molecule has 3 aromatic rings. The minimum absolute atomic E-state index is 0.0736. The quantitative estimate of drug-likeness (QED) is 0.257. The Morgan fingerprint density at radius 2 is 1.79 bits per heavy atom. The number of carbonyl (C=O) groups is 3. The van der Waals surface area contributed by atoms with E-state index < -0.39 is 12.0 Å². The van der Waals surface area contributed by atoms with Gasteiger partial charge in [-0.05, 0) is 85.5 Å². The maximum atomic E-state index is 13.6. The Labute approximate surface area is 231 Å². The number of hydrogen-bond acceptors (Lipinski definition) is 7. The number of esters is 1. The highest BCUT2D eigenvalue weighted by Gasteiger charge is 2.44. The number of thiocarbonyl (C=S) groups is 1. The van der Waals surface area contributed by atoms with Gasteiger partial charge < -0.3 is 19.7 Å². The van der Waals surface area contributed by atoms with E-state index in [-0.39, 0.29) is 24.8 Å². The molecule has 1 atom stereocenters. The Kier molecular flexibility index (Phi) is 9.09. The average Bonchev–Trinajstić information content (AvgIpc) is 3.51. The molecule has 0 radical (unpaired) electrons. The van der Waals surface area contributed by atoms with E-state index in [1.807, 2.05) is 24.4 Å². The van der Waals surface area contributed by atoms with Gasteiger partial charge in [-0.3, -0.25) is 14.5 Å². The maximum Gasteiger partial charge on any atom is 0.338 e. The summed E-state index contributed by atoms with van der Waals surface area (Å²) in [5.74, 6) is -0.306. The summed E-state index contributed by atoms with van der Waals surface area (Å²) < 4.78 is 10.6. The van der Waals surface area contributed by atoms with Crippen LogP contribution >= 0.6 is 23.6 Å². The van der Waals surface area contributed by atoms with Crippen LogP contribution in [0.5, 0.6) is 5.75 Å². The Hall–Kier alpha value is -3.76. The Morgan fingerprint density at radius 3 is 2.42 bits per heavy atom. The molecule has 198 valence electrons. The van der Waals surface area contributed by atoms with E-state index in [2.05, 4.69) is 5.32 Å². The molecule has 10 heteroatoms. The first-order valence-corrected chi connectivity index (χ1v) is 13.7. The minimum atomic E-state index is -0.776. The third-order valence-electron chi connectivity index (χ3n) is 5.85. The fourth-order valence-corrected chi connectivity index (χ4v) is 5.11. The van der Waals surface area contributed by atoms with Crippen molar-refractivity contribution < 1.29 is 23.9 Å². The lowest BCUT2D eigenvalue weighted by Crippen LogP contribution is -2.37. The summed E-state index contributed by atoms with van der Waals surface area (Å²) in [5.41, 5.74) is 1.52. The van der Waals surface area contributed by atoms with Gasteiger partial charge in [0.05, 0.1) is 37.4 Å². The first kappa shape index (κ1) is 27.3. The first-order valence-electron chi connectivity index (χ1n) is 12.4. The highest BCUT2D eigenvalue weighted by molar-refractivity contribution is 7.80. The van der Waals surface area contributed by atoms with Gasteiger partial charge in [0, 0.05) is 10.6 Å². The fourth-order valence-electron chi connectivity index (χ4n) is 4.02. The Morgan fingerprint density at radius 1 is 1.05 bits per heavy atom. The predicted molar refractivity (Wildman–Crippen MR) is 152 cm³/mol. The SMILES string of the molecule is CCCOc1ccc(NC(=O)C[C@H]2C(=O)N(c3ccc(C(=O)OCC)cc3)C(=S)N2Cc2cccs2)cc1. The molecule has 2 amide bonds. The van der Waals surface area contributed by atoms with E-state index in [1.165, 1.54) is 4.90 Å². The second-order valence-corrected chi connectivity index (χ2v) is 9.97. The van der Waals surface area contributed by atoms with E-state index in [0.29, 0.717) is 35.2 Å². The van der Waals surface area contributed by atoms with E-state index in [9.17, 15) is 14.4 Å². The normalized spacial score (nSPS) is 15.1. The molecular weight excluding hydrogens is 522 g/mol. The average molecular weight is 552 g/mol. The third kappa shape index (κ3) is 6.38.